The van der Waals surface area contributed by atoms with Crippen LogP contribution in [-0.2, 0) is 6.61 Å². The molecule has 5 nitrogen and oxygen atoms in total. The van der Waals surface area contributed by atoms with Gasteiger partial charge in [0.05, 0.1) is 10.5 Å². The lowest BCUT2D eigenvalue weighted by atomic mass is 9.98. The predicted molar refractivity (Wildman–Crippen MR) is 108 cm³/mol. The summed E-state index contributed by atoms with van der Waals surface area (Å²) in [6.45, 7) is 6.49. The van der Waals surface area contributed by atoms with Crippen LogP contribution in [0.15, 0.2) is 48.7 Å². The van der Waals surface area contributed by atoms with Crippen molar-refractivity contribution in [2.45, 2.75) is 39.2 Å². The largest absolute Gasteiger partial charge is 0.489 e. The van der Waals surface area contributed by atoms with E-state index in [4.69, 9.17) is 4.74 Å². The van der Waals surface area contributed by atoms with E-state index >= 15 is 0 Å². The standard InChI is InChI=1S/C22H26N2O3/c1-17(2)20-15-21(24(25)26)19(10-13-23-11-6-7-12-23)14-22(20)27-16-18-8-4-3-5-9-18/h3-5,8-10,13-15,17H,6-7,11-12,16H2,1-2H3. The van der Waals surface area contributed by atoms with Crippen molar-refractivity contribution in [2.24, 2.45) is 0 Å². The van der Waals surface area contributed by atoms with Gasteiger partial charge in [-0.2, -0.15) is 0 Å². The van der Waals surface area contributed by atoms with E-state index in [1.807, 2.05) is 62.5 Å². The molecule has 0 radical (unpaired) electrons. The monoisotopic (exact) mass is 366 g/mol. The number of hydrogen-bond donors (Lipinski definition) is 0. The van der Waals surface area contributed by atoms with Crippen molar-refractivity contribution >= 4 is 11.8 Å². The lowest BCUT2D eigenvalue weighted by Crippen LogP contribution is -2.10. The second-order valence-electron chi connectivity index (χ2n) is 7.19. The first-order valence-electron chi connectivity index (χ1n) is 9.46. The van der Waals surface area contributed by atoms with Gasteiger partial charge < -0.3 is 9.64 Å². The Labute approximate surface area is 160 Å². The van der Waals surface area contributed by atoms with Gasteiger partial charge in [0.15, 0.2) is 0 Å². The molecule has 5 heteroatoms. The minimum atomic E-state index is -0.309. The zero-order valence-electron chi connectivity index (χ0n) is 15.9. The molecule has 0 spiro atoms. The molecule has 0 bridgehead atoms. The summed E-state index contributed by atoms with van der Waals surface area (Å²) in [5.41, 5.74) is 2.64. The van der Waals surface area contributed by atoms with Gasteiger partial charge in [-0.05, 0) is 42.7 Å². The Morgan fingerprint density at radius 2 is 1.89 bits per heavy atom. The Hall–Kier alpha value is -2.82. The summed E-state index contributed by atoms with van der Waals surface area (Å²) in [6, 6.07) is 13.4. The smallest absolute Gasteiger partial charge is 0.277 e. The van der Waals surface area contributed by atoms with E-state index in [1.165, 1.54) is 12.8 Å². The maximum Gasteiger partial charge on any atom is 0.277 e. The molecule has 0 amide bonds. The van der Waals surface area contributed by atoms with E-state index in [0.29, 0.717) is 17.9 Å². The number of likely N-dealkylation sites (tertiary alicyclic amines) is 1. The first-order valence-corrected chi connectivity index (χ1v) is 9.46. The molecule has 0 aliphatic carbocycles. The van der Waals surface area contributed by atoms with Crippen LogP contribution in [0, 0.1) is 10.1 Å². The fourth-order valence-electron chi connectivity index (χ4n) is 3.28. The zero-order valence-corrected chi connectivity index (χ0v) is 15.9. The normalized spacial score (nSPS) is 14.3. The Bertz CT molecular complexity index is 810. The topological polar surface area (TPSA) is 55.6 Å². The molecule has 1 fully saturated rings. The Balaban J connectivity index is 1.91. The lowest BCUT2D eigenvalue weighted by molar-refractivity contribution is -0.385. The van der Waals surface area contributed by atoms with Crippen LogP contribution in [0.1, 0.15) is 49.3 Å². The summed E-state index contributed by atoms with van der Waals surface area (Å²) in [6.07, 6.45) is 6.14. The molecule has 0 unspecified atom stereocenters. The number of nitrogens with zero attached hydrogens (tertiary/aromatic N) is 2. The third kappa shape index (κ3) is 4.88. The van der Waals surface area contributed by atoms with Crippen LogP contribution >= 0.6 is 0 Å². The van der Waals surface area contributed by atoms with Gasteiger partial charge in [0.1, 0.15) is 12.4 Å². The lowest BCUT2D eigenvalue weighted by Gasteiger charge is -2.16. The summed E-state index contributed by atoms with van der Waals surface area (Å²) in [4.78, 5) is 13.5. The molecule has 0 aromatic heterocycles. The third-order valence-corrected chi connectivity index (χ3v) is 4.82. The molecule has 1 heterocycles. The SMILES string of the molecule is CC(C)c1cc([N+](=O)[O-])c(C=CN2CCCC2)cc1OCc1ccccc1. The number of nitro benzene ring substituents is 1. The van der Waals surface area contributed by atoms with Crippen LogP contribution in [0.5, 0.6) is 5.75 Å². The van der Waals surface area contributed by atoms with Crippen molar-refractivity contribution in [1.82, 2.24) is 4.90 Å². The summed E-state index contributed by atoms with van der Waals surface area (Å²) >= 11 is 0. The van der Waals surface area contributed by atoms with Gasteiger partial charge in [-0.3, -0.25) is 10.1 Å². The number of rotatable bonds is 7. The van der Waals surface area contributed by atoms with Crippen molar-refractivity contribution in [1.29, 1.82) is 0 Å². The van der Waals surface area contributed by atoms with Crippen molar-refractivity contribution < 1.29 is 9.66 Å². The first kappa shape index (κ1) is 19.0. The molecule has 1 aliphatic heterocycles. The van der Waals surface area contributed by atoms with Gasteiger partial charge in [-0.15, -0.1) is 0 Å². The molecule has 142 valence electrons. The van der Waals surface area contributed by atoms with E-state index in [2.05, 4.69) is 4.90 Å². The predicted octanol–water partition coefficient (Wildman–Crippen LogP) is 5.36. The molecule has 0 saturated carbocycles. The van der Waals surface area contributed by atoms with Crippen molar-refractivity contribution in [2.75, 3.05) is 13.1 Å². The van der Waals surface area contributed by atoms with Crippen LogP contribution in [0.3, 0.4) is 0 Å². The summed E-state index contributed by atoms with van der Waals surface area (Å²) < 4.78 is 6.06. The molecule has 0 N–H and O–H groups in total. The van der Waals surface area contributed by atoms with Crippen molar-refractivity contribution in [3.05, 3.63) is 75.5 Å². The van der Waals surface area contributed by atoms with Crippen LogP contribution in [-0.4, -0.2) is 22.9 Å². The molecular formula is C22H26N2O3. The van der Waals surface area contributed by atoms with Gasteiger partial charge in [0, 0.05) is 24.7 Å². The maximum atomic E-state index is 11.6. The van der Waals surface area contributed by atoms with Crippen LogP contribution in [0.2, 0.25) is 0 Å². The molecule has 0 atom stereocenters. The maximum absolute atomic E-state index is 11.6. The Morgan fingerprint density at radius 3 is 2.52 bits per heavy atom. The average Bonchev–Trinajstić information content (AvgIpc) is 3.18. The fraction of sp³-hybridized carbons (Fsp3) is 0.364. The minimum Gasteiger partial charge on any atom is -0.489 e. The van der Waals surface area contributed by atoms with E-state index in [-0.39, 0.29) is 16.5 Å². The summed E-state index contributed by atoms with van der Waals surface area (Å²) in [7, 11) is 0. The number of hydrogen-bond acceptors (Lipinski definition) is 4. The highest BCUT2D eigenvalue weighted by Gasteiger charge is 2.20. The molecule has 2 aromatic rings. The minimum absolute atomic E-state index is 0.126. The fourth-order valence-corrected chi connectivity index (χ4v) is 3.28. The highest BCUT2D eigenvalue weighted by atomic mass is 16.6. The molecule has 3 rings (SSSR count). The quantitative estimate of drug-likeness (QED) is 0.489. The van der Waals surface area contributed by atoms with Gasteiger partial charge in [0.2, 0.25) is 0 Å². The molecular weight excluding hydrogens is 340 g/mol. The first-order chi connectivity index (χ1) is 13.0. The third-order valence-electron chi connectivity index (χ3n) is 4.82. The van der Waals surface area contributed by atoms with Crippen LogP contribution in [0.25, 0.3) is 6.08 Å². The molecule has 1 saturated heterocycles. The average molecular weight is 366 g/mol. The molecule has 1 aliphatic rings. The summed E-state index contributed by atoms with van der Waals surface area (Å²) in [5.74, 6) is 0.839. The van der Waals surface area contributed by atoms with E-state index in [1.54, 1.807) is 6.07 Å². The second-order valence-corrected chi connectivity index (χ2v) is 7.19. The summed E-state index contributed by atoms with van der Waals surface area (Å²) in [5, 5.41) is 11.6. The highest BCUT2D eigenvalue weighted by Crippen LogP contribution is 2.35. The van der Waals surface area contributed by atoms with E-state index < -0.39 is 0 Å². The van der Waals surface area contributed by atoms with Gasteiger partial charge in [0.25, 0.3) is 5.69 Å². The zero-order chi connectivity index (χ0) is 19.2. The van der Waals surface area contributed by atoms with Crippen molar-refractivity contribution in [3.8, 4) is 5.75 Å². The van der Waals surface area contributed by atoms with Gasteiger partial charge in [-0.25, -0.2) is 0 Å². The molecule has 27 heavy (non-hydrogen) atoms. The van der Waals surface area contributed by atoms with Gasteiger partial charge in [-0.1, -0.05) is 44.2 Å². The number of benzene rings is 2. The Kier molecular flexibility index (Phi) is 6.12. The van der Waals surface area contributed by atoms with Crippen LogP contribution in [0.4, 0.5) is 5.69 Å². The van der Waals surface area contributed by atoms with Crippen LogP contribution < -0.4 is 4.74 Å². The van der Waals surface area contributed by atoms with Crippen molar-refractivity contribution in [3.63, 3.8) is 0 Å². The number of nitro groups is 1. The Morgan fingerprint density at radius 1 is 1.19 bits per heavy atom. The van der Waals surface area contributed by atoms with Gasteiger partial charge >= 0.3 is 0 Å². The van der Waals surface area contributed by atoms with E-state index in [9.17, 15) is 10.1 Å². The number of ether oxygens (including phenoxy) is 1. The second kappa shape index (κ2) is 8.71. The van der Waals surface area contributed by atoms with E-state index in [0.717, 1.165) is 24.2 Å². The molecule has 2 aromatic carbocycles. The highest BCUT2D eigenvalue weighted by molar-refractivity contribution is 5.65.